The first-order valence-electron chi connectivity index (χ1n) is 5.49. The molecular formula is C10H12F3N3O2. The van der Waals surface area contributed by atoms with Crippen LogP contribution in [-0.4, -0.2) is 29.4 Å². The van der Waals surface area contributed by atoms with E-state index in [0.717, 1.165) is 25.6 Å². The second kappa shape index (κ2) is 4.97. The molecule has 0 radical (unpaired) electrons. The number of ether oxygens (including phenoxy) is 1. The van der Waals surface area contributed by atoms with E-state index in [4.69, 9.17) is 4.74 Å². The fourth-order valence-corrected chi connectivity index (χ4v) is 1.85. The number of aromatic amines is 1. The highest BCUT2D eigenvalue weighted by molar-refractivity contribution is 5.30. The topological polar surface area (TPSA) is 67.0 Å². The third kappa shape index (κ3) is 2.81. The van der Waals surface area contributed by atoms with Gasteiger partial charge in [0.25, 0.3) is 5.56 Å². The van der Waals surface area contributed by atoms with Crippen LogP contribution in [0.3, 0.4) is 0 Å². The second-order valence-electron chi connectivity index (χ2n) is 4.04. The molecule has 1 fully saturated rings. The summed E-state index contributed by atoms with van der Waals surface area (Å²) in [6.07, 6.45) is -2.07. The number of halogens is 3. The van der Waals surface area contributed by atoms with Crippen LogP contribution in [0.2, 0.25) is 0 Å². The average Bonchev–Trinajstić information content (AvgIpc) is 2.77. The summed E-state index contributed by atoms with van der Waals surface area (Å²) < 4.78 is 43.1. The van der Waals surface area contributed by atoms with Gasteiger partial charge in [0.1, 0.15) is 6.61 Å². The molecule has 2 rings (SSSR count). The molecule has 1 aliphatic heterocycles. The molecule has 1 aliphatic rings. The van der Waals surface area contributed by atoms with E-state index in [2.05, 4.69) is 10.4 Å². The maximum Gasteiger partial charge on any atom is 0.425 e. The number of nitrogens with zero attached hydrogens (tertiary/aromatic N) is 1. The van der Waals surface area contributed by atoms with E-state index in [9.17, 15) is 18.0 Å². The van der Waals surface area contributed by atoms with E-state index in [1.807, 2.05) is 0 Å². The van der Waals surface area contributed by atoms with Crippen LogP contribution < -0.4 is 15.6 Å². The molecule has 0 bridgehead atoms. The molecule has 1 unspecified atom stereocenters. The van der Waals surface area contributed by atoms with Gasteiger partial charge >= 0.3 is 6.18 Å². The molecule has 0 saturated carbocycles. The number of H-pyrrole nitrogens is 1. The van der Waals surface area contributed by atoms with Gasteiger partial charge in [-0.05, 0) is 19.4 Å². The van der Waals surface area contributed by atoms with Gasteiger partial charge in [-0.1, -0.05) is 0 Å². The lowest BCUT2D eigenvalue weighted by atomic mass is 10.2. The SMILES string of the molecule is O=c1[nH]ncc(OCC2CCCN2)c1C(F)(F)F. The van der Waals surface area contributed by atoms with Crippen LogP contribution in [0.5, 0.6) is 5.75 Å². The first-order valence-corrected chi connectivity index (χ1v) is 5.49. The summed E-state index contributed by atoms with van der Waals surface area (Å²) in [5.41, 5.74) is -2.63. The van der Waals surface area contributed by atoms with Crippen molar-refractivity contribution in [3.63, 3.8) is 0 Å². The van der Waals surface area contributed by atoms with Crippen molar-refractivity contribution in [3.05, 3.63) is 22.1 Å². The lowest BCUT2D eigenvalue weighted by Gasteiger charge is -2.15. The van der Waals surface area contributed by atoms with Crippen molar-refractivity contribution in [3.8, 4) is 5.75 Å². The Labute approximate surface area is 100 Å². The molecule has 1 aromatic heterocycles. The molecule has 5 nitrogen and oxygen atoms in total. The molecule has 1 atom stereocenters. The molecule has 1 saturated heterocycles. The first-order chi connectivity index (χ1) is 8.48. The fourth-order valence-electron chi connectivity index (χ4n) is 1.85. The lowest BCUT2D eigenvalue weighted by molar-refractivity contribution is -0.140. The number of rotatable bonds is 3. The lowest BCUT2D eigenvalue weighted by Crippen LogP contribution is -2.30. The van der Waals surface area contributed by atoms with Crippen molar-refractivity contribution in [1.29, 1.82) is 0 Å². The fraction of sp³-hybridized carbons (Fsp3) is 0.600. The Morgan fingerprint density at radius 1 is 1.50 bits per heavy atom. The highest BCUT2D eigenvalue weighted by Crippen LogP contribution is 2.32. The van der Waals surface area contributed by atoms with Crippen LogP contribution in [0.25, 0.3) is 0 Å². The van der Waals surface area contributed by atoms with E-state index in [1.165, 1.54) is 0 Å². The Hall–Kier alpha value is -1.57. The zero-order valence-electron chi connectivity index (χ0n) is 9.38. The molecule has 1 aromatic rings. The summed E-state index contributed by atoms with van der Waals surface area (Å²) in [6, 6.07) is 0.0189. The number of hydrogen-bond acceptors (Lipinski definition) is 4. The minimum absolute atomic E-state index is 0.0189. The maximum atomic E-state index is 12.7. The summed E-state index contributed by atoms with van der Waals surface area (Å²) in [7, 11) is 0. The van der Waals surface area contributed by atoms with Gasteiger partial charge in [-0.3, -0.25) is 4.79 Å². The Morgan fingerprint density at radius 2 is 2.28 bits per heavy atom. The van der Waals surface area contributed by atoms with Gasteiger partial charge in [0, 0.05) is 6.04 Å². The van der Waals surface area contributed by atoms with Gasteiger partial charge in [0.15, 0.2) is 11.3 Å². The third-order valence-corrected chi connectivity index (χ3v) is 2.71. The summed E-state index contributed by atoms with van der Waals surface area (Å²) in [4.78, 5) is 11.1. The summed E-state index contributed by atoms with van der Waals surface area (Å²) in [5.74, 6) is -0.528. The van der Waals surface area contributed by atoms with Gasteiger partial charge in [0.2, 0.25) is 0 Å². The first kappa shape index (κ1) is 12.9. The van der Waals surface area contributed by atoms with Crippen LogP contribution in [-0.2, 0) is 6.18 Å². The minimum atomic E-state index is -4.75. The Morgan fingerprint density at radius 3 is 2.89 bits per heavy atom. The molecule has 0 aliphatic carbocycles. The molecule has 0 amide bonds. The van der Waals surface area contributed by atoms with E-state index in [0.29, 0.717) is 0 Å². The van der Waals surface area contributed by atoms with Gasteiger partial charge < -0.3 is 10.1 Å². The van der Waals surface area contributed by atoms with E-state index in [-0.39, 0.29) is 12.6 Å². The normalized spacial score (nSPS) is 20.1. The summed E-state index contributed by atoms with van der Waals surface area (Å²) in [5, 5.41) is 8.16. The van der Waals surface area contributed by atoms with E-state index < -0.39 is 23.0 Å². The predicted molar refractivity (Wildman–Crippen MR) is 56.4 cm³/mol. The molecule has 0 spiro atoms. The van der Waals surface area contributed by atoms with Crippen molar-refractivity contribution >= 4 is 0 Å². The zero-order chi connectivity index (χ0) is 13.2. The van der Waals surface area contributed by atoms with Crippen molar-refractivity contribution in [2.45, 2.75) is 25.1 Å². The second-order valence-corrected chi connectivity index (χ2v) is 4.04. The van der Waals surface area contributed by atoms with Gasteiger partial charge in [0.05, 0.1) is 6.20 Å². The van der Waals surface area contributed by atoms with Gasteiger partial charge in [-0.25, -0.2) is 5.10 Å². The highest BCUT2D eigenvalue weighted by atomic mass is 19.4. The number of aromatic nitrogens is 2. The number of hydrogen-bond donors (Lipinski definition) is 2. The molecule has 8 heteroatoms. The average molecular weight is 263 g/mol. The molecular weight excluding hydrogens is 251 g/mol. The minimum Gasteiger partial charge on any atom is -0.489 e. The standard InChI is InChI=1S/C10H12F3N3O2/c11-10(12,13)8-7(4-15-16-9(8)17)18-5-6-2-1-3-14-6/h4,6,14H,1-3,5H2,(H,16,17). The van der Waals surface area contributed by atoms with Crippen molar-refractivity contribution in [2.75, 3.05) is 13.2 Å². The molecule has 18 heavy (non-hydrogen) atoms. The summed E-state index contributed by atoms with van der Waals surface area (Å²) in [6.45, 7) is 0.919. The van der Waals surface area contributed by atoms with E-state index in [1.54, 1.807) is 5.10 Å². The smallest absolute Gasteiger partial charge is 0.425 e. The van der Waals surface area contributed by atoms with Crippen LogP contribution in [0.15, 0.2) is 11.0 Å². The molecule has 0 aromatic carbocycles. The third-order valence-electron chi connectivity index (χ3n) is 2.71. The Balaban J connectivity index is 2.16. The van der Waals surface area contributed by atoms with Crippen molar-refractivity contribution in [1.82, 2.24) is 15.5 Å². The summed E-state index contributed by atoms with van der Waals surface area (Å²) >= 11 is 0. The van der Waals surface area contributed by atoms with Crippen LogP contribution in [0.1, 0.15) is 18.4 Å². The van der Waals surface area contributed by atoms with E-state index >= 15 is 0 Å². The molecule has 100 valence electrons. The maximum absolute atomic E-state index is 12.7. The van der Waals surface area contributed by atoms with Crippen molar-refractivity contribution in [2.24, 2.45) is 0 Å². The predicted octanol–water partition coefficient (Wildman–Crippen LogP) is 0.919. The zero-order valence-corrected chi connectivity index (χ0v) is 9.38. The Bertz CT molecular complexity index is 466. The molecule has 2 heterocycles. The highest BCUT2D eigenvalue weighted by Gasteiger charge is 2.38. The van der Waals surface area contributed by atoms with Gasteiger partial charge in [-0.15, -0.1) is 0 Å². The largest absolute Gasteiger partial charge is 0.489 e. The number of nitrogens with one attached hydrogen (secondary N) is 2. The van der Waals surface area contributed by atoms with Gasteiger partial charge in [-0.2, -0.15) is 18.3 Å². The Kier molecular flexibility index (Phi) is 3.55. The molecule has 2 N–H and O–H groups in total. The monoisotopic (exact) mass is 263 g/mol. The van der Waals surface area contributed by atoms with Crippen LogP contribution in [0, 0.1) is 0 Å². The number of alkyl halides is 3. The van der Waals surface area contributed by atoms with Crippen molar-refractivity contribution < 1.29 is 17.9 Å². The quantitative estimate of drug-likeness (QED) is 0.851. The van der Waals surface area contributed by atoms with Crippen LogP contribution >= 0.6 is 0 Å². The van der Waals surface area contributed by atoms with Crippen LogP contribution in [0.4, 0.5) is 13.2 Å².